The summed E-state index contributed by atoms with van der Waals surface area (Å²) in [5, 5.41) is 5.38. The fourth-order valence-corrected chi connectivity index (χ4v) is 5.57. The normalized spacial score (nSPS) is 11.5. The van der Waals surface area contributed by atoms with E-state index >= 15 is 0 Å². The van der Waals surface area contributed by atoms with Gasteiger partial charge in [0.1, 0.15) is 31.7 Å². The van der Waals surface area contributed by atoms with Crippen LogP contribution in [0.15, 0.2) is 58.3 Å². The SMILES string of the molecule is O=S(=O)(O)c1cc(Nc2cc(Cl)nc(Cl)n2)ccc1C=Cc1ccc(Nc2cc(Cl)nc(Cl)n2)cc1S(=O)(=O)O.[H-].[H-].[Na+].[Na+]. The van der Waals surface area contributed by atoms with E-state index in [0.717, 1.165) is 12.1 Å². The minimum absolute atomic E-state index is 0. The van der Waals surface area contributed by atoms with Gasteiger partial charge >= 0.3 is 59.1 Å². The van der Waals surface area contributed by atoms with E-state index in [1.165, 1.54) is 48.6 Å². The summed E-state index contributed by atoms with van der Waals surface area (Å²) in [5.41, 5.74) is 0.408. The molecule has 0 aliphatic carbocycles. The van der Waals surface area contributed by atoms with Gasteiger partial charge < -0.3 is 13.5 Å². The average Bonchev–Trinajstić information content (AvgIpc) is 2.81. The topological polar surface area (TPSA) is 184 Å². The Morgan fingerprint density at radius 1 is 0.619 bits per heavy atom. The van der Waals surface area contributed by atoms with Crippen molar-refractivity contribution >= 4 is 102 Å². The third kappa shape index (κ3) is 10.2. The van der Waals surface area contributed by atoms with Gasteiger partial charge in [-0.1, -0.05) is 47.5 Å². The molecule has 4 aromatic rings. The predicted octanol–water partition coefficient (Wildman–Crippen LogP) is 0.264. The van der Waals surface area contributed by atoms with Crippen LogP contribution in [0.25, 0.3) is 12.2 Å². The van der Waals surface area contributed by atoms with E-state index in [-0.39, 0.29) is 117 Å². The second-order valence-corrected chi connectivity index (χ2v) is 12.0. The first-order valence-electron chi connectivity index (χ1n) is 10.5. The first-order chi connectivity index (χ1) is 18.7. The van der Waals surface area contributed by atoms with Crippen molar-refractivity contribution in [3.8, 4) is 0 Å². The fraction of sp³-hybridized carbons (Fsp3) is 0. The number of nitrogens with zero attached hydrogens (tertiary/aromatic N) is 4. The largest absolute Gasteiger partial charge is 1.00 e. The van der Waals surface area contributed by atoms with Gasteiger partial charge in [0, 0.05) is 23.5 Å². The first kappa shape index (κ1) is 37.1. The smallest absolute Gasteiger partial charge is 1.00 e. The molecule has 0 aliphatic heterocycles. The molecule has 4 N–H and O–H groups in total. The van der Waals surface area contributed by atoms with Crippen LogP contribution in [-0.4, -0.2) is 45.9 Å². The number of nitrogens with one attached hydrogen (secondary N) is 2. The Bertz CT molecular complexity index is 1720. The van der Waals surface area contributed by atoms with E-state index in [4.69, 9.17) is 46.4 Å². The maximum absolute atomic E-state index is 12.1. The zero-order valence-corrected chi connectivity index (χ0v) is 30.1. The summed E-state index contributed by atoms with van der Waals surface area (Å²) in [6.45, 7) is 0. The zero-order valence-electron chi connectivity index (χ0n) is 23.4. The summed E-state index contributed by atoms with van der Waals surface area (Å²) in [6.07, 6.45) is 2.48. The molecule has 0 bridgehead atoms. The summed E-state index contributed by atoms with van der Waals surface area (Å²) in [6, 6.07) is 10.5. The van der Waals surface area contributed by atoms with Crippen LogP contribution < -0.4 is 69.7 Å². The summed E-state index contributed by atoms with van der Waals surface area (Å²) in [5.74, 6) is 0.320. The van der Waals surface area contributed by atoms with Crippen molar-refractivity contribution in [3.63, 3.8) is 0 Å². The molecule has 0 saturated carbocycles. The van der Waals surface area contributed by atoms with Gasteiger partial charge in [-0.2, -0.15) is 16.8 Å². The average molecular weight is 712 g/mol. The molecule has 4 rings (SSSR count). The molecule has 0 fully saturated rings. The van der Waals surface area contributed by atoms with Gasteiger partial charge in [0.15, 0.2) is 0 Å². The molecule has 2 aromatic heterocycles. The number of halogens is 4. The van der Waals surface area contributed by atoms with Crippen LogP contribution in [0.5, 0.6) is 0 Å². The molecule has 0 spiro atoms. The molecule has 2 aromatic carbocycles. The van der Waals surface area contributed by atoms with Crippen LogP contribution in [0.1, 0.15) is 14.0 Å². The van der Waals surface area contributed by atoms with E-state index in [9.17, 15) is 25.9 Å². The van der Waals surface area contributed by atoms with E-state index < -0.39 is 30.0 Å². The van der Waals surface area contributed by atoms with Gasteiger partial charge in [-0.15, -0.1) is 0 Å². The Morgan fingerprint density at radius 2 is 0.976 bits per heavy atom. The van der Waals surface area contributed by atoms with Crippen LogP contribution in [-0.2, 0) is 20.2 Å². The Balaban J connectivity index is 0.00000462. The van der Waals surface area contributed by atoms with E-state index in [1.807, 2.05) is 0 Å². The molecule has 2 heterocycles. The van der Waals surface area contributed by atoms with Crippen molar-refractivity contribution in [3.05, 3.63) is 80.5 Å². The monoisotopic (exact) mass is 710 g/mol. The van der Waals surface area contributed by atoms with E-state index in [1.54, 1.807) is 0 Å². The molecule has 42 heavy (non-hydrogen) atoms. The first-order valence-corrected chi connectivity index (χ1v) is 14.9. The quantitative estimate of drug-likeness (QED) is 0.0644. The number of hydrogen-bond donors (Lipinski definition) is 4. The molecule has 0 saturated heterocycles. The molecule has 12 nitrogen and oxygen atoms in total. The predicted molar refractivity (Wildman–Crippen MR) is 154 cm³/mol. The molecular weight excluding hydrogens is 696 g/mol. The van der Waals surface area contributed by atoms with Crippen molar-refractivity contribution < 1.29 is 87.9 Å². The van der Waals surface area contributed by atoms with Gasteiger partial charge in [0.2, 0.25) is 10.6 Å². The Labute approximate surface area is 307 Å². The second kappa shape index (κ2) is 15.3. The van der Waals surface area contributed by atoms with Crippen LogP contribution in [0.4, 0.5) is 23.0 Å². The number of anilines is 4. The van der Waals surface area contributed by atoms with E-state index in [2.05, 4.69) is 30.6 Å². The van der Waals surface area contributed by atoms with Crippen molar-refractivity contribution in [2.24, 2.45) is 0 Å². The van der Waals surface area contributed by atoms with Crippen molar-refractivity contribution in [1.82, 2.24) is 19.9 Å². The third-order valence-corrected chi connectivity index (χ3v) is 7.45. The Hall–Kier alpha value is -1.08. The van der Waals surface area contributed by atoms with Gasteiger partial charge in [0.25, 0.3) is 20.2 Å². The van der Waals surface area contributed by atoms with Crippen molar-refractivity contribution in [2.75, 3.05) is 10.6 Å². The van der Waals surface area contributed by atoms with Crippen molar-refractivity contribution in [2.45, 2.75) is 9.79 Å². The number of rotatable bonds is 8. The number of benzene rings is 2. The summed E-state index contributed by atoms with van der Waals surface area (Å²) >= 11 is 23.3. The molecule has 212 valence electrons. The Morgan fingerprint density at radius 3 is 1.29 bits per heavy atom. The van der Waals surface area contributed by atoms with Gasteiger partial charge in [-0.3, -0.25) is 9.11 Å². The molecule has 20 heteroatoms. The van der Waals surface area contributed by atoms with Gasteiger partial charge in [0.05, 0.1) is 0 Å². The Kier molecular flexibility index (Phi) is 13.5. The molecule has 0 aliphatic rings. The maximum atomic E-state index is 12.1. The zero-order chi connectivity index (χ0) is 29.2. The summed E-state index contributed by atoms with van der Waals surface area (Å²) in [7, 11) is -9.49. The van der Waals surface area contributed by atoms with E-state index in [0.29, 0.717) is 0 Å². The van der Waals surface area contributed by atoms with Crippen molar-refractivity contribution in [1.29, 1.82) is 0 Å². The minimum atomic E-state index is -4.74. The molecular formula is C22H16Cl4N6Na2O6S2. The summed E-state index contributed by atoms with van der Waals surface area (Å²) < 4.78 is 68.1. The standard InChI is InChI=1S/C22H14Cl4N6O6S2.2Na.2H/c23-17-9-19(31-21(25)29-17)27-13-5-3-11(15(7-13)39(33,34)35)1-2-12-4-6-14(8-16(12)40(36,37)38)28-20-10-18(24)30-22(26)32-20;;;;/h1-10H,(H,27,29,31)(H,28,30,32)(H,33,34,35)(H,36,37,38);;;;/q;2*+1;2*-1. The number of hydrogen-bond acceptors (Lipinski definition) is 10. The third-order valence-electron chi connectivity index (χ3n) is 4.91. The number of aromatic nitrogens is 4. The summed E-state index contributed by atoms with van der Waals surface area (Å²) in [4.78, 5) is 14.2. The fourth-order valence-electron chi connectivity index (χ4n) is 3.33. The van der Waals surface area contributed by atoms with Crippen LogP contribution in [0.2, 0.25) is 20.9 Å². The molecule has 0 radical (unpaired) electrons. The maximum Gasteiger partial charge on any atom is 1.00 e. The van der Waals surface area contributed by atoms with Gasteiger partial charge in [-0.25, -0.2) is 19.9 Å². The molecule has 0 amide bonds. The second-order valence-electron chi connectivity index (χ2n) is 7.73. The van der Waals surface area contributed by atoms with Crippen LogP contribution in [0.3, 0.4) is 0 Å². The minimum Gasteiger partial charge on any atom is -1.00 e. The van der Waals surface area contributed by atoms with Crippen LogP contribution >= 0.6 is 46.4 Å². The molecule has 0 unspecified atom stereocenters. The van der Waals surface area contributed by atoms with Crippen LogP contribution in [0, 0.1) is 0 Å². The molecule has 0 atom stereocenters. The van der Waals surface area contributed by atoms with Gasteiger partial charge in [-0.05, 0) is 58.6 Å².